The quantitative estimate of drug-likeness (QED) is 0.0597. The summed E-state index contributed by atoms with van der Waals surface area (Å²) in [7, 11) is -3.98. The Morgan fingerprint density at radius 2 is 1.18 bits per heavy atom. The third kappa shape index (κ3) is 10.0. The fraction of sp³-hybridized carbons (Fsp3) is 0.667. The van der Waals surface area contributed by atoms with Gasteiger partial charge in [-0.05, 0) is 141 Å². The molecule has 56 heavy (non-hydrogen) atoms. The molecule has 2 aromatic carbocycles. The molecule has 6 rings (SSSR count). The Bertz CT molecular complexity index is 1890. The molecule has 1 aliphatic heterocycles. The van der Waals surface area contributed by atoms with Gasteiger partial charge >= 0.3 is 11.6 Å². The minimum Gasteiger partial charge on any atom is -0.543 e. The number of ether oxygens (including phenoxy) is 1. The van der Waals surface area contributed by atoms with Crippen LogP contribution in [0.1, 0.15) is 166 Å². The molecular weight excluding hydrogens is 729 g/mol. The van der Waals surface area contributed by atoms with Gasteiger partial charge in [-0.3, -0.25) is 4.79 Å². The number of hydrogen-bond donors (Lipinski definition) is 0. The van der Waals surface area contributed by atoms with Crippen LogP contribution in [0.25, 0.3) is 11.0 Å². The number of aryl methyl sites for hydroxylation is 3. The number of esters is 1. The van der Waals surface area contributed by atoms with Crippen LogP contribution in [0.5, 0.6) is 17.2 Å². The van der Waals surface area contributed by atoms with Gasteiger partial charge in [-0.1, -0.05) is 93.9 Å². The van der Waals surface area contributed by atoms with Crippen molar-refractivity contribution in [1.29, 1.82) is 0 Å². The number of carbonyl (C=O) groups excluding carboxylic acids is 1. The highest BCUT2D eigenvalue weighted by atomic mass is 28.4. The Kier molecular flexibility index (Phi) is 14.2. The third-order valence-corrected chi connectivity index (χ3v) is 22.3. The molecule has 6 nitrogen and oxygen atoms in total. The van der Waals surface area contributed by atoms with Crippen molar-refractivity contribution in [3.8, 4) is 17.2 Å². The summed E-state index contributed by atoms with van der Waals surface area (Å²) >= 11 is 0. The van der Waals surface area contributed by atoms with Gasteiger partial charge in [0, 0.05) is 17.0 Å². The molecule has 3 aromatic rings. The summed E-state index contributed by atoms with van der Waals surface area (Å²) < 4.78 is 25.4. The van der Waals surface area contributed by atoms with E-state index in [1.54, 1.807) is 0 Å². The van der Waals surface area contributed by atoms with Crippen molar-refractivity contribution in [2.45, 2.75) is 200 Å². The van der Waals surface area contributed by atoms with Gasteiger partial charge in [0.25, 0.3) is 8.32 Å². The molecule has 1 fully saturated rings. The second-order valence-electron chi connectivity index (χ2n) is 20.1. The first-order chi connectivity index (χ1) is 26.3. The van der Waals surface area contributed by atoms with E-state index in [4.69, 9.17) is 18.0 Å². The molecular formula is C48H74O6Si2. The zero-order valence-corrected chi connectivity index (χ0v) is 39.2. The summed E-state index contributed by atoms with van der Waals surface area (Å²) in [5.41, 5.74) is 6.24. The number of fused-ring (bicyclic) bond motifs is 6. The van der Waals surface area contributed by atoms with E-state index in [-0.39, 0.29) is 33.5 Å². The van der Waals surface area contributed by atoms with Crippen LogP contribution in [-0.4, -0.2) is 22.6 Å². The number of unbranched alkanes of at least 4 members (excludes halogenated alkanes) is 4. The normalized spacial score (nSPS) is 18.6. The van der Waals surface area contributed by atoms with Crippen LogP contribution in [0.2, 0.25) is 36.3 Å². The zero-order chi connectivity index (χ0) is 41.1. The molecule has 1 aromatic heterocycles. The van der Waals surface area contributed by atoms with Crippen molar-refractivity contribution in [3.05, 3.63) is 62.5 Å². The minimum absolute atomic E-state index is 0.00829. The Labute approximate surface area is 341 Å². The maximum absolute atomic E-state index is 12.7. The topological polar surface area (TPSA) is 75.0 Å². The average Bonchev–Trinajstić information content (AvgIpc) is 3.11. The predicted octanol–water partition coefficient (Wildman–Crippen LogP) is 13.8. The van der Waals surface area contributed by atoms with Crippen LogP contribution >= 0.6 is 0 Å². The second kappa shape index (κ2) is 18.0. The van der Waals surface area contributed by atoms with Crippen LogP contribution in [0, 0.1) is 5.92 Å². The van der Waals surface area contributed by atoms with Crippen LogP contribution in [-0.2, 0) is 30.5 Å². The highest BCUT2D eigenvalue weighted by molar-refractivity contribution is 6.75. The summed E-state index contributed by atoms with van der Waals surface area (Å²) in [4.78, 5) is 25.3. The highest BCUT2D eigenvalue weighted by Crippen LogP contribution is 2.51. The first-order valence-corrected chi connectivity index (χ1v) is 28.0. The molecule has 2 atom stereocenters. The van der Waals surface area contributed by atoms with Gasteiger partial charge in [-0.25, -0.2) is 4.79 Å². The Morgan fingerprint density at radius 1 is 0.661 bits per heavy atom. The molecule has 1 unspecified atom stereocenters. The van der Waals surface area contributed by atoms with E-state index in [1.165, 1.54) is 54.4 Å². The summed E-state index contributed by atoms with van der Waals surface area (Å²) in [5.74, 6) is 2.96. The molecule has 0 radical (unpaired) electrons. The molecule has 0 amide bonds. The van der Waals surface area contributed by atoms with Gasteiger partial charge in [0.1, 0.15) is 22.8 Å². The lowest BCUT2D eigenvalue weighted by molar-refractivity contribution is -0.142. The average molecular weight is 803 g/mol. The number of carbonyl (C=O) groups is 1. The van der Waals surface area contributed by atoms with Gasteiger partial charge in [0.15, 0.2) is 0 Å². The molecule has 2 heterocycles. The van der Waals surface area contributed by atoms with E-state index < -0.39 is 16.6 Å². The summed E-state index contributed by atoms with van der Waals surface area (Å²) in [6, 6.07) is 8.69. The van der Waals surface area contributed by atoms with Crippen molar-refractivity contribution in [2.75, 3.05) is 0 Å². The zero-order valence-electron chi connectivity index (χ0n) is 37.2. The molecule has 3 aliphatic rings. The monoisotopic (exact) mass is 803 g/mol. The minimum atomic E-state index is -2.00. The van der Waals surface area contributed by atoms with Gasteiger partial charge in [-0.15, -0.1) is 0 Å². The Morgan fingerprint density at radius 3 is 1.75 bits per heavy atom. The molecule has 0 spiro atoms. The van der Waals surface area contributed by atoms with Crippen LogP contribution in [0.3, 0.4) is 0 Å². The largest absolute Gasteiger partial charge is 0.543 e. The van der Waals surface area contributed by atoms with Gasteiger partial charge in [0.05, 0.1) is 11.3 Å². The van der Waals surface area contributed by atoms with Gasteiger partial charge in [0.2, 0.25) is 8.32 Å². The maximum atomic E-state index is 12.7. The first kappa shape index (κ1) is 44.3. The molecule has 8 heteroatoms. The fourth-order valence-electron chi connectivity index (χ4n) is 8.11. The van der Waals surface area contributed by atoms with E-state index in [0.717, 1.165) is 98.8 Å². The molecule has 310 valence electrons. The summed E-state index contributed by atoms with van der Waals surface area (Å²) in [6.07, 6.45) is 17.4. The predicted molar refractivity (Wildman–Crippen MR) is 238 cm³/mol. The summed E-state index contributed by atoms with van der Waals surface area (Å²) in [5, 5.41) is 1.31. The van der Waals surface area contributed by atoms with Gasteiger partial charge < -0.3 is 18.0 Å². The lowest BCUT2D eigenvalue weighted by Crippen LogP contribution is -2.44. The smallest absolute Gasteiger partial charge is 0.339 e. The highest BCUT2D eigenvalue weighted by Gasteiger charge is 2.44. The number of rotatable bonds is 12. The molecule has 0 saturated heterocycles. The van der Waals surface area contributed by atoms with Crippen molar-refractivity contribution >= 4 is 33.6 Å². The van der Waals surface area contributed by atoms with E-state index >= 15 is 0 Å². The molecule has 1 saturated carbocycles. The number of hydrogen-bond acceptors (Lipinski definition) is 6. The van der Waals surface area contributed by atoms with Gasteiger partial charge in [-0.2, -0.15) is 0 Å². The summed E-state index contributed by atoms with van der Waals surface area (Å²) in [6.45, 7) is 27.3. The lowest BCUT2D eigenvalue weighted by atomic mass is 9.73. The number of benzene rings is 2. The van der Waals surface area contributed by atoms with Crippen LogP contribution in [0.4, 0.5) is 0 Å². The van der Waals surface area contributed by atoms with E-state index in [2.05, 4.69) is 106 Å². The van der Waals surface area contributed by atoms with Crippen LogP contribution in [0.15, 0.2) is 33.5 Å². The van der Waals surface area contributed by atoms with Crippen molar-refractivity contribution < 1.29 is 22.8 Å². The van der Waals surface area contributed by atoms with Crippen molar-refractivity contribution in [1.82, 2.24) is 0 Å². The first-order valence-electron chi connectivity index (χ1n) is 22.2. The SMILES string of the molecule is CCCCCc1cc(O[Si](C)(C)C(C)(C)C)c2c3c(c(=O)oc2c1)CCCC3.CCCCCc1cc2c(c(O[Si](C)(C)C(C)(C)C)c1)C1CCCC[C@H]1C(=O)O2. The standard InChI is InChI=1S/C24H38O3Si.C24H36O3Si/c2*1-7-8-9-12-17-15-20-22(18-13-10-11-14-19(18)23(25)26-20)21(16-17)27-28(5,6)24(2,3)4/h15-16,18-19H,7-14H2,1-6H3;15-16H,7-14H2,1-6H3/t18?,19-;/m1./s1. The maximum Gasteiger partial charge on any atom is 0.339 e. The van der Waals surface area contributed by atoms with E-state index in [9.17, 15) is 9.59 Å². The third-order valence-electron chi connectivity index (χ3n) is 13.6. The Hall–Kier alpha value is -2.85. The molecule has 2 aliphatic carbocycles. The van der Waals surface area contributed by atoms with Crippen molar-refractivity contribution in [3.63, 3.8) is 0 Å². The van der Waals surface area contributed by atoms with Crippen molar-refractivity contribution in [2.24, 2.45) is 5.92 Å². The molecule has 0 N–H and O–H groups in total. The Balaban J connectivity index is 0.000000214. The molecule has 0 bridgehead atoms. The fourth-order valence-corrected chi connectivity index (χ4v) is 10.1. The van der Waals surface area contributed by atoms with E-state index in [1.807, 2.05) is 0 Å². The van der Waals surface area contributed by atoms with Crippen LogP contribution < -0.4 is 19.2 Å². The van der Waals surface area contributed by atoms with E-state index in [0.29, 0.717) is 5.58 Å². The lowest BCUT2D eigenvalue weighted by Gasteiger charge is -2.40. The second-order valence-corrected chi connectivity index (χ2v) is 29.5.